The van der Waals surface area contributed by atoms with Crippen molar-refractivity contribution < 1.29 is 42.6 Å². The zero-order valence-electron chi connectivity index (χ0n) is 30.9. The van der Waals surface area contributed by atoms with Crippen molar-refractivity contribution in [2.75, 3.05) is 34.2 Å². The number of benzene rings is 4. The molecule has 0 saturated carbocycles. The van der Waals surface area contributed by atoms with E-state index < -0.39 is 51.0 Å². The maximum absolute atomic E-state index is 6.99. The molecule has 0 radical (unpaired) electrons. The van der Waals surface area contributed by atoms with Crippen molar-refractivity contribution in [3.63, 3.8) is 0 Å². The van der Waals surface area contributed by atoms with Crippen LogP contribution in [-0.2, 0) is 46.4 Å². The van der Waals surface area contributed by atoms with E-state index in [0.717, 1.165) is 39.8 Å². The van der Waals surface area contributed by atoms with Gasteiger partial charge in [-0.15, -0.1) is 0 Å². The summed E-state index contributed by atoms with van der Waals surface area (Å²) >= 11 is 0. The van der Waals surface area contributed by atoms with E-state index in [9.17, 15) is 0 Å². The van der Waals surface area contributed by atoms with Crippen LogP contribution < -0.4 is 9.47 Å². The van der Waals surface area contributed by atoms with Gasteiger partial charge in [-0.25, -0.2) is 0 Å². The molecule has 9 nitrogen and oxygen atoms in total. The molecule has 2 aliphatic heterocycles. The minimum atomic E-state index is -1.28. The van der Waals surface area contributed by atoms with Crippen LogP contribution in [0.3, 0.4) is 0 Å². The predicted molar refractivity (Wildman–Crippen MR) is 201 cm³/mol. The third-order valence-electron chi connectivity index (χ3n) is 9.39. The van der Waals surface area contributed by atoms with Gasteiger partial charge in [-0.05, 0) is 47.0 Å². The Morgan fingerprint density at radius 3 is 1.85 bits per heavy atom. The fourth-order valence-corrected chi connectivity index (χ4v) is 7.18. The number of methoxy groups -OCH3 is 2. The Kier molecular flexibility index (Phi) is 13.5. The number of rotatable bonds is 17. The molecule has 4 aromatic rings. The highest BCUT2D eigenvalue weighted by molar-refractivity contribution is 6.76. The summed E-state index contributed by atoms with van der Waals surface area (Å²) < 4.78 is 57.4. The summed E-state index contributed by atoms with van der Waals surface area (Å²) in [5, 5.41) is 0. The number of fused-ring (bicyclic) bond motifs is 1. The lowest BCUT2D eigenvalue weighted by Crippen LogP contribution is -2.64. The van der Waals surface area contributed by atoms with Crippen LogP contribution in [0.4, 0.5) is 0 Å². The highest BCUT2D eigenvalue weighted by Crippen LogP contribution is 2.41. The first kappa shape index (κ1) is 38.2. The van der Waals surface area contributed by atoms with Gasteiger partial charge in [0, 0.05) is 20.2 Å². The Morgan fingerprint density at radius 1 is 0.692 bits per heavy atom. The lowest BCUT2D eigenvalue weighted by Gasteiger charge is -2.50. The van der Waals surface area contributed by atoms with Gasteiger partial charge in [0.15, 0.2) is 6.29 Å². The van der Waals surface area contributed by atoms with Crippen molar-refractivity contribution in [1.29, 1.82) is 0 Å². The second-order valence-electron chi connectivity index (χ2n) is 14.4. The molecular formula is C42H52O9Si. The molecule has 52 heavy (non-hydrogen) atoms. The summed E-state index contributed by atoms with van der Waals surface area (Å²) in [4.78, 5) is 0. The van der Waals surface area contributed by atoms with Crippen molar-refractivity contribution in [1.82, 2.24) is 0 Å². The van der Waals surface area contributed by atoms with Crippen molar-refractivity contribution in [2.45, 2.75) is 81.8 Å². The summed E-state index contributed by atoms with van der Waals surface area (Å²) in [6.07, 6.45) is -3.83. The van der Waals surface area contributed by atoms with E-state index in [1.165, 1.54) is 0 Å². The van der Waals surface area contributed by atoms with Gasteiger partial charge in [-0.1, -0.05) is 105 Å². The Balaban J connectivity index is 1.33. The van der Waals surface area contributed by atoms with Crippen molar-refractivity contribution in [3.05, 3.63) is 131 Å². The quantitative estimate of drug-likeness (QED) is 0.0608. The molecule has 10 heteroatoms. The Morgan fingerprint density at radius 2 is 1.27 bits per heavy atom. The molecule has 2 saturated heterocycles. The average Bonchev–Trinajstić information content (AvgIpc) is 3.18. The van der Waals surface area contributed by atoms with Gasteiger partial charge in [0.1, 0.15) is 54.9 Å². The van der Waals surface area contributed by atoms with E-state index in [1.807, 2.05) is 97.1 Å². The van der Waals surface area contributed by atoms with Crippen LogP contribution in [0.15, 0.2) is 109 Å². The van der Waals surface area contributed by atoms with E-state index in [1.54, 1.807) is 14.2 Å². The van der Waals surface area contributed by atoms with Crippen LogP contribution >= 0.6 is 0 Å². The topological polar surface area (TPSA) is 83.1 Å². The normalized spacial score (nSPS) is 23.8. The fourth-order valence-electron chi connectivity index (χ4n) is 6.42. The monoisotopic (exact) mass is 728 g/mol. The third-order valence-corrected chi connectivity index (χ3v) is 11.1. The van der Waals surface area contributed by atoms with Gasteiger partial charge >= 0.3 is 0 Å². The summed E-state index contributed by atoms with van der Waals surface area (Å²) in [7, 11) is 2.04. The van der Waals surface area contributed by atoms with Crippen LogP contribution in [0.1, 0.15) is 34.6 Å². The van der Waals surface area contributed by atoms with Crippen LogP contribution in [0.25, 0.3) is 0 Å². The maximum atomic E-state index is 6.99. The van der Waals surface area contributed by atoms with Gasteiger partial charge in [0.25, 0.3) is 0 Å². The van der Waals surface area contributed by atoms with Gasteiger partial charge < -0.3 is 42.6 Å². The highest BCUT2D eigenvalue weighted by Gasteiger charge is 2.53. The SMILES string of the molecule is COc1ccc(CO[C@@H]2[C@@H](OCc3ccc(OC)cc3)[C@@H]3O[C@H](c4ccccc4)OC[C@H]3O[C@@H]2[C@H](OCOCC[Si](C)(C)C)c2ccccc2)cc1. The largest absolute Gasteiger partial charge is 0.497 e. The highest BCUT2D eigenvalue weighted by atomic mass is 28.3. The lowest BCUT2D eigenvalue weighted by molar-refractivity contribution is -0.350. The molecule has 2 heterocycles. The fraction of sp³-hybridized carbons (Fsp3) is 0.429. The standard InChI is InChI=1S/C42H52O9Si/c1-43-34-20-16-30(17-21-34)26-46-39-38-36(28-48-42(51-38)33-14-10-7-11-15-33)50-41(40(39)47-27-31-18-22-35(44-2)23-19-31)37(32-12-8-6-9-13-32)49-29-45-24-25-52(3,4)5/h6-23,36-42H,24-29H2,1-5H3/t36-,37-,38-,39+,40-,41-,42-/m1/s1. The zero-order valence-corrected chi connectivity index (χ0v) is 31.9. The molecule has 2 fully saturated rings. The van der Waals surface area contributed by atoms with E-state index >= 15 is 0 Å². The van der Waals surface area contributed by atoms with Crippen molar-refractivity contribution in [2.24, 2.45) is 0 Å². The molecule has 2 aliphatic rings. The Labute approximate surface area is 309 Å². The van der Waals surface area contributed by atoms with Gasteiger partial charge in [-0.3, -0.25) is 0 Å². The third kappa shape index (κ3) is 10.3. The molecule has 0 aliphatic carbocycles. The number of ether oxygens (including phenoxy) is 9. The van der Waals surface area contributed by atoms with Crippen molar-refractivity contribution >= 4 is 8.07 Å². The van der Waals surface area contributed by atoms with Crippen LogP contribution in [0.2, 0.25) is 25.7 Å². The van der Waals surface area contributed by atoms with Crippen LogP contribution in [0.5, 0.6) is 11.5 Å². The average molecular weight is 729 g/mol. The van der Waals surface area contributed by atoms with E-state index in [4.69, 9.17) is 42.6 Å². The second-order valence-corrected chi connectivity index (χ2v) is 20.0. The minimum Gasteiger partial charge on any atom is -0.497 e. The van der Waals surface area contributed by atoms with E-state index in [2.05, 4.69) is 31.8 Å². The first-order valence-electron chi connectivity index (χ1n) is 18.0. The number of hydrogen-bond donors (Lipinski definition) is 0. The summed E-state index contributed by atoms with van der Waals surface area (Å²) in [6.45, 7) is 8.70. The van der Waals surface area contributed by atoms with Gasteiger partial charge in [0.2, 0.25) is 0 Å². The molecule has 7 atom stereocenters. The Bertz CT molecular complexity index is 1620. The summed E-state index contributed by atoms with van der Waals surface area (Å²) in [6, 6.07) is 36.8. The first-order chi connectivity index (χ1) is 25.3. The smallest absolute Gasteiger partial charge is 0.184 e. The summed E-state index contributed by atoms with van der Waals surface area (Å²) in [5.41, 5.74) is 3.85. The molecule has 0 amide bonds. The molecule has 278 valence electrons. The molecule has 0 bridgehead atoms. The van der Waals surface area contributed by atoms with Gasteiger partial charge in [0.05, 0.1) is 34.0 Å². The van der Waals surface area contributed by atoms with E-state index in [0.29, 0.717) is 26.4 Å². The molecule has 0 N–H and O–H groups in total. The first-order valence-corrected chi connectivity index (χ1v) is 21.7. The number of hydrogen-bond acceptors (Lipinski definition) is 9. The lowest BCUT2D eigenvalue weighted by atomic mass is 9.88. The van der Waals surface area contributed by atoms with Crippen molar-refractivity contribution in [3.8, 4) is 11.5 Å². The Hall–Kier alpha value is -3.58. The molecule has 6 rings (SSSR count). The molecule has 4 aromatic carbocycles. The van der Waals surface area contributed by atoms with Crippen LogP contribution in [-0.4, -0.2) is 72.8 Å². The molecule has 0 unspecified atom stereocenters. The maximum Gasteiger partial charge on any atom is 0.184 e. The zero-order chi connectivity index (χ0) is 36.3. The van der Waals surface area contributed by atoms with Gasteiger partial charge in [-0.2, -0.15) is 0 Å². The molecular weight excluding hydrogens is 677 g/mol. The summed E-state index contributed by atoms with van der Waals surface area (Å²) in [5.74, 6) is 1.56. The van der Waals surface area contributed by atoms with E-state index in [-0.39, 0.29) is 6.79 Å². The van der Waals surface area contributed by atoms with Crippen LogP contribution in [0, 0.1) is 0 Å². The molecule has 0 aromatic heterocycles. The second kappa shape index (κ2) is 18.4. The predicted octanol–water partition coefficient (Wildman–Crippen LogP) is 8.13. The minimum absolute atomic E-state index is 0.115. The molecule has 0 spiro atoms.